The molecule has 1 aromatic carbocycles. The van der Waals surface area contributed by atoms with Crippen LogP contribution in [-0.4, -0.2) is 41.7 Å². The maximum atomic E-state index is 12.1. The lowest BCUT2D eigenvalue weighted by Gasteiger charge is -2.34. The highest BCUT2D eigenvalue weighted by Gasteiger charge is 2.27. The van der Waals surface area contributed by atoms with E-state index in [0.717, 1.165) is 23.3 Å². The number of piperidine rings is 1. The number of carbonyl (C=O) groups excluding carboxylic acids is 1. The number of rotatable bonds is 3. The standard InChI is InChI=1S/C16H23NO3/c1-11-6-12(2)8-14(7-11)20-10-16(19)17-5-4-13(3)15(18)9-17/h6-8,13,15,18H,4-5,9-10H2,1-3H3. The van der Waals surface area contributed by atoms with Gasteiger partial charge in [-0.3, -0.25) is 4.79 Å². The molecule has 0 aromatic heterocycles. The third-order valence-electron chi connectivity index (χ3n) is 3.83. The predicted octanol–water partition coefficient (Wildman–Crippen LogP) is 1.91. The summed E-state index contributed by atoms with van der Waals surface area (Å²) in [6.07, 6.45) is 0.421. The van der Waals surface area contributed by atoms with E-state index in [1.807, 2.05) is 32.9 Å². The SMILES string of the molecule is Cc1cc(C)cc(OCC(=O)N2CCC(C)C(O)C2)c1. The highest BCUT2D eigenvalue weighted by atomic mass is 16.5. The molecule has 0 radical (unpaired) electrons. The number of aliphatic hydroxyl groups excluding tert-OH is 1. The summed E-state index contributed by atoms with van der Waals surface area (Å²) >= 11 is 0. The maximum Gasteiger partial charge on any atom is 0.260 e. The van der Waals surface area contributed by atoms with Crippen LogP contribution in [0.15, 0.2) is 18.2 Å². The average molecular weight is 277 g/mol. The Bertz CT molecular complexity index is 466. The monoisotopic (exact) mass is 277 g/mol. The van der Waals surface area contributed by atoms with E-state index < -0.39 is 6.10 Å². The molecule has 1 aliphatic rings. The van der Waals surface area contributed by atoms with Crippen molar-refractivity contribution in [3.63, 3.8) is 0 Å². The van der Waals surface area contributed by atoms with Crippen LogP contribution in [0.1, 0.15) is 24.5 Å². The quantitative estimate of drug-likeness (QED) is 0.918. The lowest BCUT2D eigenvalue weighted by atomic mass is 9.96. The topological polar surface area (TPSA) is 49.8 Å². The van der Waals surface area contributed by atoms with Gasteiger partial charge < -0.3 is 14.7 Å². The Labute approximate surface area is 120 Å². The first-order chi connectivity index (χ1) is 9.45. The zero-order chi connectivity index (χ0) is 14.7. The van der Waals surface area contributed by atoms with E-state index in [-0.39, 0.29) is 18.4 Å². The zero-order valence-corrected chi connectivity index (χ0v) is 12.4. The highest BCUT2D eigenvalue weighted by Crippen LogP contribution is 2.18. The van der Waals surface area contributed by atoms with Gasteiger partial charge in [0.2, 0.25) is 0 Å². The van der Waals surface area contributed by atoms with Crippen LogP contribution in [0.4, 0.5) is 0 Å². The van der Waals surface area contributed by atoms with E-state index in [1.165, 1.54) is 0 Å². The second-order valence-electron chi connectivity index (χ2n) is 5.79. The molecule has 110 valence electrons. The zero-order valence-electron chi connectivity index (χ0n) is 12.4. The second kappa shape index (κ2) is 6.27. The van der Waals surface area contributed by atoms with Crippen molar-refractivity contribution in [1.82, 2.24) is 4.90 Å². The minimum absolute atomic E-state index is 0.0317. The molecule has 20 heavy (non-hydrogen) atoms. The molecule has 2 atom stereocenters. The van der Waals surface area contributed by atoms with Gasteiger partial charge in [-0.1, -0.05) is 13.0 Å². The lowest BCUT2D eigenvalue weighted by Crippen LogP contribution is -2.47. The summed E-state index contributed by atoms with van der Waals surface area (Å²) in [6.45, 7) is 7.17. The van der Waals surface area contributed by atoms with Gasteiger partial charge in [0.1, 0.15) is 5.75 Å². The van der Waals surface area contributed by atoms with Gasteiger partial charge in [-0.25, -0.2) is 0 Å². The molecule has 1 aliphatic heterocycles. The van der Waals surface area contributed by atoms with E-state index in [1.54, 1.807) is 4.90 Å². The van der Waals surface area contributed by atoms with E-state index in [4.69, 9.17) is 4.74 Å². The number of nitrogens with zero attached hydrogens (tertiary/aromatic N) is 1. The molecular weight excluding hydrogens is 254 g/mol. The van der Waals surface area contributed by atoms with Crippen molar-refractivity contribution in [2.45, 2.75) is 33.3 Å². The number of aryl methyl sites for hydroxylation is 2. The van der Waals surface area contributed by atoms with Gasteiger partial charge in [-0.05, 0) is 49.4 Å². The Morgan fingerprint density at radius 1 is 1.35 bits per heavy atom. The minimum atomic E-state index is -0.422. The van der Waals surface area contributed by atoms with E-state index in [0.29, 0.717) is 13.1 Å². The number of likely N-dealkylation sites (tertiary alicyclic amines) is 1. The molecule has 1 heterocycles. The van der Waals surface area contributed by atoms with Gasteiger partial charge in [0, 0.05) is 13.1 Å². The van der Waals surface area contributed by atoms with Gasteiger partial charge in [0.15, 0.2) is 6.61 Å². The normalized spacial score (nSPS) is 22.7. The van der Waals surface area contributed by atoms with Crippen molar-refractivity contribution < 1.29 is 14.6 Å². The molecule has 2 rings (SSSR count). The first-order valence-electron chi connectivity index (χ1n) is 7.12. The van der Waals surface area contributed by atoms with Crippen LogP contribution >= 0.6 is 0 Å². The van der Waals surface area contributed by atoms with Crippen LogP contribution in [0.3, 0.4) is 0 Å². The minimum Gasteiger partial charge on any atom is -0.484 e. The van der Waals surface area contributed by atoms with Crippen molar-refractivity contribution in [2.24, 2.45) is 5.92 Å². The van der Waals surface area contributed by atoms with Crippen LogP contribution in [0.5, 0.6) is 5.75 Å². The number of hydrogen-bond acceptors (Lipinski definition) is 3. The van der Waals surface area contributed by atoms with Crippen LogP contribution in [0, 0.1) is 19.8 Å². The number of ether oxygens (including phenoxy) is 1. The largest absolute Gasteiger partial charge is 0.484 e. The van der Waals surface area contributed by atoms with Crippen LogP contribution in [-0.2, 0) is 4.79 Å². The molecule has 0 spiro atoms. The number of hydrogen-bond donors (Lipinski definition) is 1. The number of β-amino-alcohol motifs (C(OH)–C–C–N with tert-alkyl or cyclic N) is 1. The molecule has 1 N–H and O–H groups in total. The summed E-state index contributed by atoms with van der Waals surface area (Å²) in [5.41, 5.74) is 2.24. The van der Waals surface area contributed by atoms with Crippen LogP contribution in [0.2, 0.25) is 0 Å². The molecule has 0 bridgehead atoms. The molecular formula is C16H23NO3. The maximum absolute atomic E-state index is 12.1. The van der Waals surface area contributed by atoms with Gasteiger partial charge >= 0.3 is 0 Å². The van der Waals surface area contributed by atoms with Crippen molar-refractivity contribution in [3.8, 4) is 5.75 Å². The number of amides is 1. The van der Waals surface area contributed by atoms with E-state index in [2.05, 4.69) is 6.07 Å². The molecule has 2 unspecified atom stereocenters. The lowest BCUT2D eigenvalue weighted by molar-refractivity contribution is -0.137. The first kappa shape index (κ1) is 14.9. The highest BCUT2D eigenvalue weighted by molar-refractivity contribution is 5.78. The molecule has 0 aliphatic carbocycles. The Kier molecular flexibility index (Phi) is 4.65. The Hall–Kier alpha value is -1.55. The first-order valence-corrected chi connectivity index (χ1v) is 7.12. The van der Waals surface area contributed by atoms with Crippen molar-refractivity contribution in [1.29, 1.82) is 0 Å². The third kappa shape index (κ3) is 3.73. The molecule has 1 aromatic rings. The fourth-order valence-electron chi connectivity index (χ4n) is 2.53. The molecule has 0 saturated carbocycles. The Morgan fingerprint density at radius 3 is 2.60 bits per heavy atom. The molecule has 4 heteroatoms. The van der Waals surface area contributed by atoms with E-state index >= 15 is 0 Å². The third-order valence-corrected chi connectivity index (χ3v) is 3.83. The van der Waals surface area contributed by atoms with Crippen LogP contribution in [0.25, 0.3) is 0 Å². The van der Waals surface area contributed by atoms with Gasteiger partial charge in [-0.2, -0.15) is 0 Å². The molecule has 1 fully saturated rings. The number of carbonyl (C=O) groups is 1. The van der Waals surface area contributed by atoms with Gasteiger partial charge in [-0.15, -0.1) is 0 Å². The summed E-state index contributed by atoms with van der Waals surface area (Å²) in [6, 6.07) is 5.91. The smallest absolute Gasteiger partial charge is 0.260 e. The number of aliphatic hydroxyl groups is 1. The fraction of sp³-hybridized carbons (Fsp3) is 0.562. The average Bonchev–Trinajstić information content (AvgIpc) is 2.38. The summed E-state index contributed by atoms with van der Waals surface area (Å²) < 4.78 is 5.57. The van der Waals surface area contributed by atoms with Crippen LogP contribution < -0.4 is 4.74 Å². The summed E-state index contributed by atoms with van der Waals surface area (Å²) in [7, 11) is 0. The van der Waals surface area contributed by atoms with Gasteiger partial charge in [0.05, 0.1) is 6.10 Å². The van der Waals surface area contributed by atoms with Crippen molar-refractivity contribution >= 4 is 5.91 Å². The molecule has 1 amide bonds. The Balaban J connectivity index is 1.89. The summed E-state index contributed by atoms with van der Waals surface area (Å²) in [5.74, 6) is 0.927. The Morgan fingerprint density at radius 2 is 2.00 bits per heavy atom. The fourth-order valence-corrected chi connectivity index (χ4v) is 2.53. The van der Waals surface area contributed by atoms with E-state index in [9.17, 15) is 9.90 Å². The summed E-state index contributed by atoms with van der Waals surface area (Å²) in [4.78, 5) is 13.8. The van der Waals surface area contributed by atoms with Crippen molar-refractivity contribution in [3.05, 3.63) is 29.3 Å². The van der Waals surface area contributed by atoms with Crippen molar-refractivity contribution in [2.75, 3.05) is 19.7 Å². The molecule has 4 nitrogen and oxygen atoms in total. The molecule has 1 saturated heterocycles. The predicted molar refractivity (Wildman–Crippen MR) is 77.8 cm³/mol. The van der Waals surface area contributed by atoms with Gasteiger partial charge in [0.25, 0.3) is 5.91 Å². The summed E-state index contributed by atoms with van der Waals surface area (Å²) in [5, 5.41) is 9.82. The second-order valence-corrected chi connectivity index (χ2v) is 5.79. The number of benzene rings is 1.